The predicted octanol–water partition coefficient (Wildman–Crippen LogP) is 3.70. The van der Waals surface area contributed by atoms with Gasteiger partial charge in [-0.15, -0.1) is 0 Å². The average molecular weight is 392 g/mol. The molecule has 0 atom stereocenters. The maximum absolute atomic E-state index is 12.5. The number of halogens is 2. The van der Waals surface area contributed by atoms with Gasteiger partial charge >= 0.3 is 0 Å². The summed E-state index contributed by atoms with van der Waals surface area (Å²) in [6, 6.07) is 9.45. The molecule has 0 radical (unpaired) electrons. The molecule has 0 bridgehead atoms. The molecular weight excluding hydrogens is 380 g/mol. The van der Waals surface area contributed by atoms with Gasteiger partial charge in [0.2, 0.25) is 0 Å². The average Bonchev–Trinajstić information content (AvgIpc) is 2.40. The van der Waals surface area contributed by atoms with Crippen molar-refractivity contribution in [3.63, 3.8) is 0 Å². The molecule has 1 aromatic heterocycles. The molecule has 8 heteroatoms. The first-order chi connectivity index (χ1) is 9.92. The Morgan fingerprint density at radius 3 is 2.76 bits per heavy atom. The number of hydrogen-bond acceptors (Lipinski definition) is 4. The van der Waals surface area contributed by atoms with E-state index in [-0.39, 0.29) is 21.6 Å². The van der Waals surface area contributed by atoms with Crippen LogP contribution in [0.5, 0.6) is 5.75 Å². The van der Waals surface area contributed by atoms with Crippen LogP contribution in [0.15, 0.2) is 45.8 Å². The van der Waals surface area contributed by atoms with Gasteiger partial charge in [-0.1, -0.05) is 33.6 Å². The van der Waals surface area contributed by atoms with Crippen LogP contribution in [0.4, 0.5) is 5.82 Å². The lowest BCUT2D eigenvalue weighted by molar-refractivity contribution is 0.331. The minimum absolute atomic E-state index is 0.0282. The number of sulfonamides is 1. The molecule has 2 aromatic rings. The second kappa shape index (κ2) is 6.64. The predicted molar refractivity (Wildman–Crippen MR) is 85.4 cm³/mol. The first-order valence-corrected chi connectivity index (χ1v) is 8.65. The third kappa shape index (κ3) is 4.09. The molecule has 0 aliphatic rings. The molecule has 21 heavy (non-hydrogen) atoms. The van der Waals surface area contributed by atoms with E-state index in [1.165, 1.54) is 12.1 Å². The first kappa shape index (κ1) is 16.1. The van der Waals surface area contributed by atoms with Crippen molar-refractivity contribution in [3.8, 4) is 5.75 Å². The summed E-state index contributed by atoms with van der Waals surface area (Å²) < 4.78 is 33.3. The molecule has 0 spiro atoms. The van der Waals surface area contributed by atoms with Crippen LogP contribution in [0, 0.1) is 0 Å². The van der Waals surface area contributed by atoms with Gasteiger partial charge in [-0.2, -0.15) is 0 Å². The quantitative estimate of drug-likeness (QED) is 0.789. The zero-order valence-corrected chi connectivity index (χ0v) is 14.2. The monoisotopic (exact) mass is 390 g/mol. The van der Waals surface area contributed by atoms with Crippen LogP contribution in [0.3, 0.4) is 0 Å². The van der Waals surface area contributed by atoms with E-state index < -0.39 is 10.0 Å². The number of nitrogens with one attached hydrogen (secondary N) is 1. The van der Waals surface area contributed by atoms with E-state index in [0.717, 1.165) is 0 Å². The summed E-state index contributed by atoms with van der Waals surface area (Å²) in [5, 5.41) is 0.203. The summed E-state index contributed by atoms with van der Waals surface area (Å²) in [7, 11) is -3.83. The van der Waals surface area contributed by atoms with Crippen molar-refractivity contribution >= 4 is 43.4 Å². The fourth-order valence-electron chi connectivity index (χ4n) is 1.62. The molecule has 0 aliphatic heterocycles. The van der Waals surface area contributed by atoms with Crippen molar-refractivity contribution in [3.05, 3.63) is 46.0 Å². The molecule has 0 aliphatic carbocycles. The van der Waals surface area contributed by atoms with Gasteiger partial charge in [0, 0.05) is 4.47 Å². The molecular formula is C13H12BrClN2O3S. The number of rotatable bonds is 5. The Hall–Kier alpha value is -1.31. The molecule has 0 saturated carbocycles. The van der Waals surface area contributed by atoms with Crippen LogP contribution in [0.25, 0.3) is 0 Å². The normalized spacial score (nSPS) is 11.2. The number of anilines is 1. The smallest absolute Gasteiger partial charge is 0.266 e. The van der Waals surface area contributed by atoms with Gasteiger partial charge in [0.15, 0.2) is 0 Å². The van der Waals surface area contributed by atoms with E-state index in [4.69, 9.17) is 16.3 Å². The highest BCUT2D eigenvalue weighted by Crippen LogP contribution is 2.29. The fourth-order valence-corrected chi connectivity index (χ4v) is 3.47. The van der Waals surface area contributed by atoms with Crippen LogP contribution in [-0.4, -0.2) is 20.0 Å². The largest absolute Gasteiger partial charge is 0.492 e. The Morgan fingerprint density at radius 2 is 2.10 bits per heavy atom. The highest BCUT2D eigenvalue weighted by molar-refractivity contribution is 9.10. The molecule has 2 rings (SSSR count). The van der Waals surface area contributed by atoms with E-state index in [0.29, 0.717) is 11.1 Å². The number of benzene rings is 1. The second-order valence-corrected chi connectivity index (χ2v) is 6.93. The summed E-state index contributed by atoms with van der Waals surface area (Å²) >= 11 is 9.00. The van der Waals surface area contributed by atoms with Gasteiger partial charge in [0.1, 0.15) is 21.6 Å². The summed E-state index contributed by atoms with van der Waals surface area (Å²) in [5.74, 6) is 0.417. The Morgan fingerprint density at radius 1 is 1.33 bits per heavy atom. The number of pyridine rings is 1. The highest BCUT2D eigenvalue weighted by Gasteiger charge is 2.21. The number of nitrogens with zero attached hydrogens (tertiary/aromatic N) is 1. The minimum Gasteiger partial charge on any atom is -0.492 e. The third-order valence-electron chi connectivity index (χ3n) is 2.45. The van der Waals surface area contributed by atoms with Crippen LogP contribution < -0.4 is 9.46 Å². The molecule has 0 unspecified atom stereocenters. The third-order valence-corrected chi connectivity index (χ3v) is 4.53. The van der Waals surface area contributed by atoms with Crippen molar-refractivity contribution in [1.29, 1.82) is 0 Å². The Balaban J connectivity index is 2.41. The molecule has 0 saturated heterocycles. The molecule has 1 aromatic carbocycles. The van der Waals surface area contributed by atoms with Crippen molar-refractivity contribution in [1.82, 2.24) is 4.98 Å². The maximum Gasteiger partial charge on any atom is 0.266 e. The van der Waals surface area contributed by atoms with E-state index in [2.05, 4.69) is 25.6 Å². The lowest BCUT2D eigenvalue weighted by atomic mass is 10.3. The molecule has 112 valence electrons. The number of hydrogen-bond donors (Lipinski definition) is 1. The van der Waals surface area contributed by atoms with Crippen molar-refractivity contribution in [2.75, 3.05) is 11.3 Å². The van der Waals surface area contributed by atoms with E-state index in [1.807, 2.05) is 0 Å². The zero-order chi connectivity index (χ0) is 15.5. The van der Waals surface area contributed by atoms with Gasteiger partial charge in [0.25, 0.3) is 10.0 Å². The number of ether oxygens (including phenoxy) is 1. The summed E-state index contributed by atoms with van der Waals surface area (Å²) in [5.41, 5.74) is 0. The molecule has 0 amide bonds. The molecule has 1 N–H and O–H groups in total. The lowest BCUT2D eigenvalue weighted by Gasteiger charge is -2.12. The summed E-state index contributed by atoms with van der Waals surface area (Å²) in [6.07, 6.45) is 0. The van der Waals surface area contributed by atoms with Crippen LogP contribution >= 0.6 is 27.5 Å². The first-order valence-electron chi connectivity index (χ1n) is 6.00. The Bertz CT molecular complexity index is 753. The van der Waals surface area contributed by atoms with E-state index in [9.17, 15) is 8.42 Å². The zero-order valence-electron chi connectivity index (χ0n) is 11.0. The number of aromatic nitrogens is 1. The fraction of sp³-hybridized carbons (Fsp3) is 0.154. The van der Waals surface area contributed by atoms with Gasteiger partial charge in [-0.25, -0.2) is 13.4 Å². The van der Waals surface area contributed by atoms with Gasteiger partial charge in [0.05, 0.1) is 6.61 Å². The standard InChI is InChI=1S/C13H12BrClN2O3S/c1-2-20-10-7-6-9(14)8-11(10)21(18,19)17-13-5-3-4-12(15)16-13/h3-8H,2H2,1H3,(H,16,17). The molecule has 5 nitrogen and oxygen atoms in total. The minimum atomic E-state index is -3.83. The van der Waals surface area contributed by atoms with Crippen molar-refractivity contribution in [2.45, 2.75) is 11.8 Å². The topological polar surface area (TPSA) is 68.3 Å². The lowest BCUT2D eigenvalue weighted by Crippen LogP contribution is -2.15. The van der Waals surface area contributed by atoms with Gasteiger partial charge < -0.3 is 4.74 Å². The summed E-state index contributed by atoms with van der Waals surface area (Å²) in [4.78, 5) is 3.93. The van der Waals surface area contributed by atoms with Crippen LogP contribution in [0.1, 0.15) is 6.92 Å². The Labute approximate surface area is 136 Å². The second-order valence-electron chi connectivity index (χ2n) is 3.98. The summed E-state index contributed by atoms with van der Waals surface area (Å²) in [6.45, 7) is 2.14. The van der Waals surface area contributed by atoms with Gasteiger partial charge in [-0.3, -0.25) is 4.72 Å². The van der Waals surface area contributed by atoms with Crippen molar-refractivity contribution < 1.29 is 13.2 Å². The highest BCUT2D eigenvalue weighted by atomic mass is 79.9. The van der Waals surface area contributed by atoms with E-state index >= 15 is 0 Å². The molecule has 1 heterocycles. The Kier molecular flexibility index (Phi) is 5.08. The van der Waals surface area contributed by atoms with Crippen LogP contribution in [-0.2, 0) is 10.0 Å². The SMILES string of the molecule is CCOc1ccc(Br)cc1S(=O)(=O)Nc1cccc(Cl)n1. The maximum atomic E-state index is 12.5. The van der Waals surface area contributed by atoms with Gasteiger partial charge in [-0.05, 0) is 37.3 Å². The van der Waals surface area contributed by atoms with Crippen LogP contribution in [0.2, 0.25) is 5.15 Å². The molecule has 0 fully saturated rings. The van der Waals surface area contributed by atoms with E-state index in [1.54, 1.807) is 31.2 Å². The van der Waals surface area contributed by atoms with Crippen molar-refractivity contribution in [2.24, 2.45) is 0 Å².